The summed E-state index contributed by atoms with van der Waals surface area (Å²) in [6.45, 7) is 4.83. The molecule has 0 saturated carbocycles. The van der Waals surface area contributed by atoms with Gasteiger partial charge in [-0.2, -0.15) is 0 Å². The first kappa shape index (κ1) is 77.1. The average molecular weight is 1740 g/mol. The molecule has 17 aromatic carbocycles. The Morgan fingerprint density at radius 2 is 0.872 bits per heavy atom. The molecule has 0 saturated heterocycles. The van der Waals surface area contributed by atoms with Crippen molar-refractivity contribution in [2.45, 2.75) is 38.8 Å². The van der Waals surface area contributed by atoms with Gasteiger partial charge in [0, 0.05) is 120 Å². The van der Waals surface area contributed by atoms with Gasteiger partial charge in [-0.25, -0.2) is 24.9 Å². The van der Waals surface area contributed by atoms with E-state index < -0.39 is 0 Å². The lowest BCUT2D eigenvalue weighted by Gasteiger charge is -2.39. The fourth-order valence-corrected chi connectivity index (χ4v) is 24.8. The van der Waals surface area contributed by atoms with Crippen LogP contribution in [0.5, 0.6) is 0 Å². The molecule has 1 aliphatic heterocycles. The molecule has 133 heavy (non-hydrogen) atoms. The molecule has 22 aromatic rings. The lowest BCUT2D eigenvalue weighted by atomic mass is 9.65. The van der Waals surface area contributed by atoms with Crippen molar-refractivity contribution in [3.63, 3.8) is 0 Å². The van der Waals surface area contributed by atoms with Crippen LogP contribution in [-0.4, -0.2) is 53.9 Å². The number of rotatable bonds is 12. The molecule has 0 radical (unpaired) electrons. The van der Waals surface area contributed by atoms with Crippen molar-refractivity contribution in [2.75, 3.05) is 7.05 Å². The Bertz CT molecular complexity index is 9010. The summed E-state index contributed by atoms with van der Waals surface area (Å²) in [4.78, 5) is 30.1. The van der Waals surface area contributed by atoms with Gasteiger partial charge in [0.15, 0.2) is 23.3 Å². The maximum absolute atomic E-state index is 5.93. The molecule has 0 bridgehead atoms. The summed E-state index contributed by atoms with van der Waals surface area (Å²) in [5.41, 5.74) is 28.1. The van der Waals surface area contributed by atoms with E-state index in [1.54, 1.807) is 0 Å². The Morgan fingerprint density at radius 1 is 0.346 bits per heavy atom. The quantitative estimate of drug-likeness (QED) is 0.114. The highest BCUT2D eigenvalue weighted by molar-refractivity contribution is 7.26. The van der Waals surface area contributed by atoms with Crippen LogP contribution in [0.4, 0.5) is 0 Å². The molecule has 0 spiro atoms. The maximum Gasteiger partial charge on any atom is 0.166 e. The third-order valence-corrected chi connectivity index (χ3v) is 31.3. The van der Waals surface area contributed by atoms with Crippen LogP contribution < -0.4 is 0 Å². The Morgan fingerprint density at radius 3 is 1.61 bits per heavy atom. The number of benzene rings is 17. The highest BCUT2D eigenvalue weighted by Crippen LogP contribution is 2.56. The van der Waals surface area contributed by atoms with E-state index in [0.29, 0.717) is 17.5 Å². The summed E-state index contributed by atoms with van der Waals surface area (Å²) in [6, 6.07) is 130. The topological polar surface area (TPSA) is 76.5 Å². The Balaban J connectivity index is 0.527. The molecule has 0 fully saturated rings. The molecule has 0 N–H and O–H groups in total. The number of aliphatic imine (C=N–C) groups is 2. The van der Waals surface area contributed by atoms with E-state index in [-0.39, 0.29) is 29.8 Å². The van der Waals surface area contributed by atoms with Crippen LogP contribution in [0.1, 0.15) is 66.0 Å². The number of fused-ring (bicyclic) bond motifs is 24. The predicted molar refractivity (Wildman–Crippen MR) is 562 cm³/mol. The van der Waals surface area contributed by atoms with E-state index in [0.717, 1.165) is 80.0 Å². The number of hydrogen-bond acceptors (Lipinski definition) is 8. The van der Waals surface area contributed by atoms with Gasteiger partial charge in [0.05, 0.1) is 22.1 Å². The van der Waals surface area contributed by atoms with Crippen molar-refractivity contribution in [1.82, 2.24) is 29.0 Å². The van der Waals surface area contributed by atoms with Crippen molar-refractivity contribution >= 4 is 173 Å². The van der Waals surface area contributed by atoms with Gasteiger partial charge in [0.25, 0.3) is 0 Å². The molecule has 5 atom stereocenters. The van der Waals surface area contributed by atoms with Gasteiger partial charge >= 0.3 is 0 Å². The number of aromatic nitrogens is 5. The molecule has 8 nitrogen and oxygen atoms in total. The molecular formula is C123H84N8S2. The number of allylic oxidation sites excluding steroid dienone is 11. The van der Waals surface area contributed by atoms with Crippen LogP contribution in [0.3, 0.4) is 0 Å². The van der Waals surface area contributed by atoms with Crippen LogP contribution in [-0.2, 0) is 0 Å². The Hall–Kier alpha value is -15.9. The van der Waals surface area contributed by atoms with E-state index >= 15 is 0 Å². The van der Waals surface area contributed by atoms with Crippen LogP contribution in [0, 0.1) is 17.8 Å². The second-order valence-corrected chi connectivity index (χ2v) is 38.6. The minimum absolute atomic E-state index is 0.0346. The van der Waals surface area contributed by atoms with Gasteiger partial charge in [-0.15, -0.1) is 22.7 Å². The molecular weight excluding hydrogens is 1650 g/mol. The third-order valence-electron chi connectivity index (χ3n) is 29.0. The van der Waals surface area contributed by atoms with Gasteiger partial charge in [0.2, 0.25) is 0 Å². The Kier molecular flexibility index (Phi) is 17.8. The third kappa shape index (κ3) is 12.5. The monoisotopic (exact) mass is 1740 g/mol. The van der Waals surface area contributed by atoms with Crippen LogP contribution >= 0.6 is 22.7 Å². The molecule has 27 rings (SSSR count). The van der Waals surface area contributed by atoms with E-state index in [1.165, 1.54) is 172 Å². The summed E-state index contributed by atoms with van der Waals surface area (Å²) >= 11 is 3.68. The summed E-state index contributed by atoms with van der Waals surface area (Å²) in [5, 5.41) is 17.4. The van der Waals surface area contributed by atoms with Crippen molar-refractivity contribution in [3.05, 3.63) is 434 Å². The van der Waals surface area contributed by atoms with E-state index in [2.05, 4.69) is 417 Å². The minimum Gasteiger partial charge on any atom is -0.336 e. The van der Waals surface area contributed by atoms with Gasteiger partial charge in [0.1, 0.15) is 12.0 Å². The SMILES string of the molecule is CC1C=CC(c2ccc3c(c2)C2C(=CC=C(c4ccc5sc6cc(-c7nc(-c8ccccc8)nc(-c8cccc9c%10ccccc%10n(-c%10ccccc%10)c89)n7)ccc6c5c4)C2C)c2ccccc2-3)=CC1C1N=C(c2ccc3c4ccccc4n(C4=CC=CCC4)c3c2)N=C(c2ccc3c(c2)sc2ccc(-c4cccc(-c5ccc6c7ccccc7c7ccccc7c6c5)c4)cc23)N1C. The highest BCUT2D eigenvalue weighted by Gasteiger charge is 2.39. The Labute approximate surface area is 776 Å². The van der Waals surface area contributed by atoms with Gasteiger partial charge < -0.3 is 14.0 Å². The molecule has 10 heteroatoms. The summed E-state index contributed by atoms with van der Waals surface area (Å²) in [5.74, 6) is 3.84. The fraction of sp³-hybridized carbons (Fsp3) is 0.0813. The van der Waals surface area contributed by atoms with E-state index in [1.807, 2.05) is 40.9 Å². The van der Waals surface area contributed by atoms with Crippen molar-refractivity contribution in [3.8, 4) is 73.2 Å². The fourth-order valence-electron chi connectivity index (χ4n) is 22.5. The summed E-state index contributed by atoms with van der Waals surface area (Å²) in [6.07, 6.45) is 20.6. The zero-order valence-corrected chi connectivity index (χ0v) is 74.9. The molecule has 5 unspecified atom stereocenters. The van der Waals surface area contributed by atoms with Crippen LogP contribution in [0.25, 0.3) is 212 Å². The normalized spacial score (nSPS) is 17.2. The van der Waals surface area contributed by atoms with Gasteiger partial charge in [-0.1, -0.05) is 317 Å². The van der Waals surface area contributed by atoms with Crippen LogP contribution in [0.15, 0.2) is 410 Å². The molecule has 0 amide bonds. The first-order valence-electron chi connectivity index (χ1n) is 46.3. The summed E-state index contributed by atoms with van der Waals surface area (Å²) in [7, 11) is 2.23. The van der Waals surface area contributed by atoms with Crippen molar-refractivity contribution < 1.29 is 0 Å². The first-order chi connectivity index (χ1) is 65.6. The lowest BCUT2D eigenvalue weighted by Crippen LogP contribution is -2.46. The standard InChI is InChI=1S/C123H84N8S2/c1-72-45-46-77(79-48-55-95-91-36-15-17-37-92(91)101-60-59-87(73(2)116(101)108(95)67-79)81-53-62-113-107(68-81)99-57-50-83(70-114(99)132-113)119-124-118(74-25-7-4-8-26-74)125-121(126-119)103-42-24-41-102-97-40-20-22-44-110(97)131(117(102)103)86-31-11-6-12-32-86)64-104(72)123-128-120(82-49-56-98-96-39-19-21-43-109(96)130(111(98)69-82)85-29-9-5-10-30-85)127-122(129(123)3)84-51-58-100-106-66-80(52-61-112(106)133-115(100)71-84)76-28-23-27-75(63-76)78-47-54-94-90-35-14-13-33-88(90)89-34-16-18-38-93(89)105(94)65-78/h4-9,11-29,31-73,104,116,123H,10,30H2,1-3H3. The molecule has 628 valence electrons. The number of para-hydroxylation sites is 4. The highest BCUT2D eigenvalue weighted by atomic mass is 32.1. The molecule has 5 aliphatic rings. The smallest absolute Gasteiger partial charge is 0.166 e. The van der Waals surface area contributed by atoms with Crippen molar-refractivity contribution in [1.29, 1.82) is 0 Å². The zero-order chi connectivity index (χ0) is 87.8. The van der Waals surface area contributed by atoms with E-state index in [9.17, 15) is 0 Å². The second-order valence-electron chi connectivity index (χ2n) is 36.4. The molecule has 6 heterocycles. The number of hydrogen-bond donors (Lipinski definition) is 0. The van der Waals surface area contributed by atoms with Crippen LogP contribution in [0.2, 0.25) is 0 Å². The summed E-state index contributed by atoms with van der Waals surface area (Å²) < 4.78 is 9.73. The predicted octanol–water partition coefficient (Wildman–Crippen LogP) is 32.0. The van der Waals surface area contributed by atoms with E-state index in [4.69, 9.17) is 24.9 Å². The first-order valence-corrected chi connectivity index (χ1v) is 47.9. The van der Waals surface area contributed by atoms with Gasteiger partial charge in [-0.05, 0) is 226 Å². The zero-order valence-electron chi connectivity index (χ0n) is 73.3. The molecule has 4 aliphatic carbocycles. The minimum atomic E-state index is -0.315. The molecule has 5 aromatic heterocycles. The average Bonchev–Trinajstić information content (AvgIpc) is 1.24. The number of thiophene rings is 2. The van der Waals surface area contributed by atoms with Gasteiger partial charge in [-0.3, -0.25) is 0 Å². The largest absolute Gasteiger partial charge is 0.336 e. The number of amidine groups is 2. The second kappa shape index (κ2) is 30.7. The van der Waals surface area contributed by atoms with Crippen molar-refractivity contribution in [2.24, 2.45) is 27.7 Å². The maximum atomic E-state index is 5.93. The lowest BCUT2D eigenvalue weighted by molar-refractivity contribution is 0.264. The number of nitrogens with zero attached hydrogens (tertiary/aromatic N) is 8.